The number of likely N-dealkylation sites (N-methyl/N-ethyl adjacent to an activating group) is 1. The maximum Gasteiger partial charge on any atom is 0.410 e. The van der Waals surface area contributed by atoms with Gasteiger partial charge in [-0.2, -0.15) is 0 Å². The Labute approximate surface area is 200 Å². The molecule has 0 radical (unpaired) electrons. The van der Waals surface area contributed by atoms with Crippen LogP contribution in [0.5, 0.6) is 5.75 Å². The number of anilines is 2. The van der Waals surface area contributed by atoms with E-state index in [0.717, 1.165) is 12.1 Å². The first-order valence-corrected chi connectivity index (χ1v) is 11.6. The molecule has 2 heterocycles. The Morgan fingerprint density at radius 2 is 2.03 bits per heavy atom. The van der Waals surface area contributed by atoms with Crippen LogP contribution in [0.4, 0.5) is 16.2 Å². The lowest BCUT2D eigenvalue weighted by atomic mass is 10.1. The Balaban J connectivity index is 1.76. The molecule has 10 nitrogen and oxygen atoms in total. The first-order chi connectivity index (χ1) is 16.1. The predicted octanol–water partition coefficient (Wildman–Crippen LogP) is 2.44. The van der Waals surface area contributed by atoms with Gasteiger partial charge in [0.2, 0.25) is 0 Å². The van der Waals surface area contributed by atoms with E-state index in [9.17, 15) is 14.4 Å². The second-order valence-corrected chi connectivity index (χ2v) is 9.26. The Hall–Kier alpha value is -2.85. The van der Waals surface area contributed by atoms with Crippen LogP contribution in [0.1, 0.15) is 34.1 Å². The molecular formula is C24H35N3O7. The molecule has 10 heteroatoms. The van der Waals surface area contributed by atoms with Crippen molar-refractivity contribution in [2.75, 3.05) is 62.8 Å². The maximum absolute atomic E-state index is 13.4. The average Bonchev–Trinajstić information content (AvgIpc) is 2.78. The normalized spacial score (nSPS) is 18.3. The van der Waals surface area contributed by atoms with Crippen molar-refractivity contribution in [1.82, 2.24) is 4.90 Å². The molecule has 0 saturated carbocycles. The van der Waals surface area contributed by atoms with E-state index in [1.807, 2.05) is 17.9 Å². The second kappa shape index (κ2) is 11.1. The van der Waals surface area contributed by atoms with Crippen LogP contribution < -0.4 is 14.5 Å². The van der Waals surface area contributed by atoms with E-state index in [0.29, 0.717) is 37.7 Å². The van der Waals surface area contributed by atoms with Crippen molar-refractivity contribution in [1.29, 1.82) is 0 Å². The zero-order chi connectivity index (χ0) is 24.9. The smallest absolute Gasteiger partial charge is 0.410 e. The molecule has 0 N–H and O–H groups in total. The Bertz CT molecular complexity index is 899. The SMILES string of the molecule is CCN(C(=O)C1CN(C(=O)OC(C)(C)C)CCO1)c1ccc2c(c1)N(CCCOC)CC(=O)O2. The predicted molar refractivity (Wildman–Crippen MR) is 126 cm³/mol. The fourth-order valence-corrected chi connectivity index (χ4v) is 3.93. The summed E-state index contributed by atoms with van der Waals surface area (Å²) < 4.78 is 21.7. The monoisotopic (exact) mass is 477 g/mol. The van der Waals surface area contributed by atoms with Gasteiger partial charge in [-0.1, -0.05) is 0 Å². The van der Waals surface area contributed by atoms with Crippen molar-refractivity contribution < 1.29 is 33.3 Å². The number of methoxy groups -OCH3 is 1. The minimum absolute atomic E-state index is 0.121. The summed E-state index contributed by atoms with van der Waals surface area (Å²) in [5, 5.41) is 0. The van der Waals surface area contributed by atoms with Crippen molar-refractivity contribution in [3.8, 4) is 5.75 Å². The Morgan fingerprint density at radius 3 is 2.71 bits per heavy atom. The fourth-order valence-electron chi connectivity index (χ4n) is 3.93. The number of amides is 2. The lowest BCUT2D eigenvalue weighted by Gasteiger charge is -2.36. The molecule has 2 amide bonds. The van der Waals surface area contributed by atoms with Crippen molar-refractivity contribution in [2.45, 2.75) is 45.8 Å². The van der Waals surface area contributed by atoms with E-state index < -0.39 is 17.8 Å². The highest BCUT2D eigenvalue weighted by Crippen LogP contribution is 2.36. The van der Waals surface area contributed by atoms with Gasteiger partial charge < -0.3 is 33.6 Å². The number of rotatable bonds is 7. The highest BCUT2D eigenvalue weighted by Gasteiger charge is 2.35. The number of esters is 1. The molecule has 2 aliphatic rings. The number of hydrogen-bond donors (Lipinski definition) is 0. The molecule has 188 valence electrons. The van der Waals surface area contributed by atoms with E-state index in [1.54, 1.807) is 44.9 Å². The third-order valence-electron chi connectivity index (χ3n) is 5.49. The number of carbonyl (C=O) groups excluding carboxylic acids is 3. The molecule has 1 fully saturated rings. The maximum atomic E-state index is 13.4. The van der Waals surface area contributed by atoms with Crippen molar-refractivity contribution >= 4 is 29.3 Å². The van der Waals surface area contributed by atoms with Gasteiger partial charge in [-0.25, -0.2) is 9.59 Å². The highest BCUT2D eigenvalue weighted by atomic mass is 16.6. The molecule has 0 aromatic heterocycles. The van der Waals surface area contributed by atoms with Gasteiger partial charge in [0.25, 0.3) is 5.91 Å². The van der Waals surface area contributed by atoms with E-state index >= 15 is 0 Å². The summed E-state index contributed by atoms with van der Waals surface area (Å²) in [6.45, 7) is 9.77. The Kier molecular flexibility index (Phi) is 8.37. The molecule has 2 aliphatic heterocycles. The van der Waals surface area contributed by atoms with Gasteiger partial charge in [0.05, 0.1) is 18.8 Å². The highest BCUT2D eigenvalue weighted by molar-refractivity contribution is 5.98. The molecule has 3 rings (SSSR count). The second-order valence-electron chi connectivity index (χ2n) is 9.26. The summed E-state index contributed by atoms with van der Waals surface area (Å²) in [6.07, 6.45) is -0.507. The largest absolute Gasteiger partial charge is 0.444 e. The number of ether oxygens (including phenoxy) is 4. The average molecular weight is 478 g/mol. The fraction of sp³-hybridized carbons (Fsp3) is 0.625. The molecule has 34 heavy (non-hydrogen) atoms. The number of hydrogen-bond acceptors (Lipinski definition) is 8. The van der Waals surface area contributed by atoms with Crippen molar-refractivity contribution in [3.63, 3.8) is 0 Å². The molecule has 0 aliphatic carbocycles. The third-order valence-corrected chi connectivity index (χ3v) is 5.49. The number of fused-ring (bicyclic) bond motifs is 1. The molecule has 1 saturated heterocycles. The minimum Gasteiger partial charge on any atom is -0.444 e. The van der Waals surface area contributed by atoms with Crippen LogP contribution in [-0.4, -0.2) is 87.6 Å². The number of carbonyl (C=O) groups is 3. The van der Waals surface area contributed by atoms with Gasteiger partial charge in [0.1, 0.15) is 12.1 Å². The third kappa shape index (κ3) is 6.38. The molecule has 0 spiro atoms. The van der Waals surface area contributed by atoms with Gasteiger partial charge in [-0.3, -0.25) is 4.79 Å². The lowest BCUT2D eigenvalue weighted by Crippen LogP contribution is -2.53. The summed E-state index contributed by atoms with van der Waals surface area (Å²) in [6, 6.07) is 5.31. The minimum atomic E-state index is -0.798. The van der Waals surface area contributed by atoms with E-state index in [2.05, 4.69) is 0 Å². The standard InChI is InChI=1S/C24H35N3O7/c1-6-27(22(29)20-15-26(11-13-32-20)23(30)34-24(2,3)4)17-8-9-19-18(14-17)25(10-7-12-31-5)16-21(28)33-19/h8-9,14,20H,6-7,10-13,15-16H2,1-5H3. The van der Waals surface area contributed by atoms with Gasteiger partial charge in [-0.15, -0.1) is 0 Å². The van der Waals surface area contributed by atoms with Gasteiger partial charge >= 0.3 is 12.1 Å². The summed E-state index contributed by atoms with van der Waals surface area (Å²) in [5.41, 5.74) is 0.796. The molecule has 1 atom stereocenters. The van der Waals surface area contributed by atoms with Crippen molar-refractivity contribution in [2.24, 2.45) is 0 Å². The number of nitrogens with zero attached hydrogens (tertiary/aromatic N) is 3. The van der Waals surface area contributed by atoms with Crippen LogP contribution >= 0.6 is 0 Å². The quantitative estimate of drug-likeness (QED) is 0.336. The van der Waals surface area contributed by atoms with Crippen LogP contribution in [-0.2, 0) is 23.8 Å². The zero-order valence-corrected chi connectivity index (χ0v) is 20.7. The molecule has 1 aromatic rings. The van der Waals surface area contributed by atoms with Crippen LogP contribution in [0.2, 0.25) is 0 Å². The summed E-state index contributed by atoms with van der Waals surface area (Å²) in [4.78, 5) is 43.0. The van der Waals surface area contributed by atoms with Gasteiger partial charge in [0.15, 0.2) is 11.9 Å². The summed E-state index contributed by atoms with van der Waals surface area (Å²) in [5.74, 6) is -0.0979. The molecule has 0 bridgehead atoms. The summed E-state index contributed by atoms with van der Waals surface area (Å²) >= 11 is 0. The van der Waals surface area contributed by atoms with Crippen LogP contribution in [0.25, 0.3) is 0 Å². The van der Waals surface area contributed by atoms with E-state index in [-0.39, 0.29) is 31.6 Å². The topological polar surface area (TPSA) is 97.9 Å². The summed E-state index contributed by atoms with van der Waals surface area (Å²) in [7, 11) is 1.64. The number of morpholine rings is 1. The molecule has 1 aromatic carbocycles. The van der Waals surface area contributed by atoms with E-state index in [1.165, 1.54) is 4.90 Å². The van der Waals surface area contributed by atoms with Gasteiger partial charge in [0, 0.05) is 39.0 Å². The number of benzene rings is 1. The molecule has 1 unspecified atom stereocenters. The zero-order valence-electron chi connectivity index (χ0n) is 20.7. The van der Waals surface area contributed by atoms with Gasteiger partial charge in [-0.05, 0) is 52.3 Å². The van der Waals surface area contributed by atoms with Crippen LogP contribution in [0, 0.1) is 0 Å². The van der Waals surface area contributed by atoms with Crippen molar-refractivity contribution in [3.05, 3.63) is 18.2 Å². The first kappa shape index (κ1) is 25.8. The van der Waals surface area contributed by atoms with Crippen LogP contribution in [0.3, 0.4) is 0 Å². The lowest BCUT2D eigenvalue weighted by molar-refractivity contribution is -0.135. The van der Waals surface area contributed by atoms with Crippen LogP contribution in [0.15, 0.2) is 18.2 Å². The first-order valence-electron chi connectivity index (χ1n) is 11.6. The molecular weight excluding hydrogens is 442 g/mol. The van der Waals surface area contributed by atoms with E-state index in [4.69, 9.17) is 18.9 Å². The Morgan fingerprint density at radius 1 is 1.26 bits per heavy atom.